The number of carbonyl (C=O) groups is 1. The molecule has 0 bridgehead atoms. The average Bonchev–Trinajstić information content (AvgIpc) is 2.34. The summed E-state index contributed by atoms with van der Waals surface area (Å²) in [4.78, 5) is 11.0. The largest absolute Gasteiger partial charge is 0.478 e. The molecule has 2 aromatic rings. The number of halogens is 4. The van der Waals surface area contributed by atoms with Gasteiger partial charge in [0.25, 0.3) is 0 Å². The van der Waals surface area contributed by atoms with Gasteiger partial charge in [0.15, 0.2) is 0 Å². The van der Waals surface area contributed by atoms with Crippen LogP contribution >= 0.6 is 46.4 Å². The number of hydrogen-bond acceptors (Lipinski definition) is 1. The molecular formula is C13H6Cl4O2. The summed E-state index contributed by atoms with van der Waals surface area (Å²) in [6.07, 6.45) is 0. The van der Waals surface area contributed by atoms with Crippen LogP contribution in [0.1, 0.15) is 10.4 Å². The zero-order chi connectivity index (χ0) is 14.2. The third-order valence-electron chi connectivity index (χ3n) is 2.52. The van der Waals surface area contributed by atoms with Crippen molar-refractivity contribution in [3.05, 3.63) is 56.0 Å². The molecule has 6 heteroatoms. The Kier molecular flexibility index (Phi) is 4.26. The van der Waals surface area contributed by atoms with Crippen LogP contribution < -0.4 is 0 Å². The maximum Gasteiger partial charge on any atom is 0.337 e. The topological polar surface area (TPSA) is 37.3 Å². The normalized spacial score (nSPS) is 10.5. The summed E-state index contributed by atoms with van der Waals surface area (Å²) in [7, 11) is 0. The molecule has 0 fully saturated rings. The van der Waals surface area contributed by atoms with Gasteiger partial charge in [0.1, 0.15) is 0 Å². The van der Waals surface area contributed by atoms with Crippen molar-refractivity contribution in [3.63, 3.8) is 0 Å². The monoisotopic (exact) mass is 334 g/mol. The first-order valence-electron chi connectivity index (χ1n) is 5.08. The summed E-state index contributed by atoms with van der Waals surface area (Å²) in [5.41, 5.74) is 1.20. The number of rotatable bonds is 2. The zero-order valence-corrected chi connectivity index (χ0v) is 12.3. The van der Waals surface area contributed by atoms with Gasteiger partial charge >= 0.3 is 5.97 Å². The summed E-state index contributed by atoms with van der Waals surface area (Å²) < 4.78 is 0. The van der Waals surface area contributed by atoms with Crippen LogP contribution in [-0.2, 0) is 0 Å². The van der Waals surface area contributed by atoms with Gasteiger partial charge < -0.3 is 5.11 Å². The number of carboxylic acid groups (broad SMARTS) is 1. The first-order chi connectivity index (χ1) is 8.90. The maximum absolute atomic E-state index is 11.0. The molecule has 0 saturated carbocycles. The van der Waals surface area contributed by atoms with Crippen LogP contribution in [0.25, 0.3) is 11.1 Å². The van der Waals surface area contributed by atoms with Gasteiger partial charge in [0.05, 0.1) is 20.6 Å². The Balaban J connectivity index is 2.63. The van der Waals surface area contributed by atoms with E-state index in [9.17, 15) is 4.79 Å². The van der Waals surface area contributed by atoms with Gasteiger partial charge in [0, 0.05) is 10.6 Å². The third-order valence-corrected chi connectivity index (χ3v) is 3.88. The van der Waals surface area contributed by atoms with E-state index in [-0.39, 0.29) is 10.6 Å². The highest BCUT2D eigenvalue weighted by atomic mass is 35.5. The van der Waals surface area contributed by atoms with E-state index in [1.807, 2.05) is 0 Å². The Morgan fingerprint density at radius 3 is 2.11 bits per heavy atom. The molecule has 0 spiro atoms. The van der Waals surface area contributed by atoms with Crippen LogP contribution in [0.3, 0.4) is 0 Å². The molecule has 0 heterocycles. The predicted octanol–water partition coefficient (Wildman–Crippen LogP) is 5.67. The Labute approximate surface area is 129 Å². The van der Waals surface area contributed by atoms with E-state index in [4.69, 9.17) is 51.5 Å². The van der Waals surface area contributed by atoms with Gasteiger partial charge in [-0.2, -0.15) is 0 Å². The Bertz CT molecular complexity index is 668. The van der Waals surface area contributed by atoms with Gasteiger partial charge in [-0.1, -0.05) is 52.5 Å². The highest BCUT2D eigenvalue weighted by Gasteiger charge is 2.13. The van der Waals surface area contributed by atoms with E-state index in [1.165, 1.54) is 18.2 Å². The molecule has 2 nitrogen and oxygen atoms in total. The lowest BCUT2D eigenvalue weighted by molar-refractivity contribution is 0.0697. The molecule has 0 saturated heterocycles. The van der Waals surface area contributed by atoms with E-state index in [1.54, 1.807) is 12.1 Å². The van der Waals surface area contributed by atoms with E-state index in [0.29, 0.717) is 26.2 Å². The minimum atomic E-state index is -1.11. The van der Waals surface area contributed by atoms with E-state index < -0.39 is 5.97 Å². The van der Waals surface area contributed by atoms with Crippen LogP contribution in [0.5, 0.6) is 0 Å². The van der Waals surface area contributed by atoms with Gasteiger partial charge in [-0.05, 0) is 29.8 Å². The van der Waals surface area contributed by atoms with Crippen molar-refractivity contribution in [2.75, 3.05) is 0 Å². The van der Waals surface area contributed by atoms with Gasteiger partial charge in [-0.3, -0.25) is 0 Å². The Morgan fingerprint density at radius 2 is 1.47 bits per heavy atom. The molecule has 98 valence electrons. The summed E-state index contributed by atoms with van der Waals surface area (Å²) in [5, 5.41) is 10.3. The van der Waals surface area contributed by atoms with Crippen LogP contribution in [-0.4, -0.2) is 11.1 Å². The average molecular weight is 336 g/mol. The molecule has 0 amide bonds. The SMILES string of the molecule is O=C(O)c1cc(-c2cc(Cl)c(Cl)cc2Cl)ccc1Cl. The second-order valence-electron chi connectivity index (χ2n) is 3.75. The highest BCUT2D eigenvalue weighted by molar-refractivity contribution is 6.44. The zero-order valence-electron chi connectivity index (χ0n) is 9.25. The van der Waals surface area contributed by atoms with Crippen LogP contribution in [0.2, 0.25) is 20.1 Å². The molecule has 0 radical (unpaired) electrons. The summed E-state index contributed by atoms with van der Waals surface area (Å²) in [6, 6.07) is 7.70. The number of hydrogen-bond donors (Lipinski definition) is 1. The number of aromatic carboxylic acids is 1. The molecule has 1 N–H and O–H groups in total. The molecule has 19 heavy (non-hydrogen) atoms. The Hall–Kier alpha value is -0.930. The summed E-state index contributed by atoms with van der Waals surface area (Å²) in [5.74, 6) is -1.11. The molecule has 2 aromatic carbocycles. The minimum Gasteiger partial charge on any atom is -0.478 e. The quantitative estimate of drug-likeness (QED) is 0.718. The fraction of sp³-hybridized carbons (Fsp3) is 0. The van der Waals surface area contributed by atoms with E-state index >= 15 is 0 Å². The Morgan fingerprint density at radius 1 is 0.842 bits per heavy atom. The first kappa shape index (κ1) is 14.5. The van der Waals surface area contributed by atoms with Crippen LogP contribution in [0, 0.1) is 0 Å². The third kappa shape index (κ3) is 2.98. The molecule has 0 aliphatic rings. The lowest BCUT2D eigenvalue weighted by Gasteiger charge is -2.08. The van der Waals surface area contributed by atoms with Crippen molar-refractivity contribution in [2.45, 2.75) is 0 Å². The highest BCUT2D eigenvalue weighted by Crippen LogP contribution is 2.36. The standard InChI is InChI=1S/C13H6Cl4O2/c14-9-2-1-6(3-8(9)13(18)19)7-4-11(16)12(17)5-10(7)15/h1-5H,(H,18,19). The summed E-state index contributed by atoms with van der Waals surface area (Å²) in [6.45, 7) is 0. The van der Waals surface area contributed by atoms with Crippen molar-refractivity contribution in [3.8, 4) is 11.1 Å². The second kappa shape index (κ2) is 5.59. The van der Waals surface area contributed by atoms with Crippen molar-refractivity contribution < 1.29 is 9.90 Å². The molecule has 0 atom stereocenters. The molecular weight excluding hydrogens is 330 g/mol. The van der Waals surface area contributed by atoms with E-state index in [2.05, 4.69) is 0 Å². The van der Waals surface area contributed by atoms with Crippen molar-refractivity contribution in [2.24, 2.45) is 0 Å². The van der Waals surface area contributed by atoms with Gasteiger partial charge in [-0.25, -0.2) is 4.79 Å². The first-order valence-corrected chi connectivity index (χ1v) is 6.59. The molecule has 0 aliphatic carbocycles. The number of carboxylic acids is 1. The summed E-state index contributed by atoms with van der Waals surface area (Å²) >= 11 is 23.7. The van der Waals surface area contributed by atoms with Crippen molar-refractivity contribution >= 4 is 52.4 Å². The van der Waals surface area contributed by atoms with Crippen molar-refractivity contribution in [1.29, 1.82) is 0 Å². The van der Waals surface area contributed by atoms with Gasteiger partial charge in [-0.15, -0.1) is 0 Å². The number of benzene rings is 2. The molecule has 0 unspecified atom stereocenters. The van der Waals surface area contributed by atoms with Gasteiger partial charge in [0.2, 0.25) is 0 Å². The molecule has 0 aliphatic heterocycles. The second-order valence-corrected chi connectivity index (χ2v) is 5.37. The molecule has 2 rings (SSSR count). The maximum atomic E-state index is 11.0. The fourth-order valence-electron chi connectivity index (χ4n) is 1.60. The molecule has 0 aromatic heterocycles. The lowest BCUT2D eigenvalue weighted by Crippen LogP contribution is -1.97. The van der Waals surface area contributed by atoms with E-state index in [0.717, 1.165) is 0 Å². The smallest absolute Gasteiger partial charge is 0.337 e. The minimum absolute atomic E-state index is 0.00121. The van der Waals surface area contributed by atoms with Crippen molar-refractivity contribution in [1.82, 2.24) is 0 Å². The predicted molar refractivity (Wildman–Crippen MR) is 78.9 cm³/mol. The van der Waals surface area contributed by atoms with Crippen LogP contribution in [0.15, 0.2) is 30.3 Å². The lowest BCUT2D eigenvalue weighted by atomic mass is 10.0. The van der Waals surface area contributed by atoms with Crippen LogP contribution in [0.4, 0.5) is 0 Å². The fourth-order valence-corrected chi connectivity index (χ4v) is 2.45.